The standard InChI is InChI=1S/C4H13NO5P2/c1-11(7,8)5(3-4-6)12(2,9)10/h6H,3-4H2,1-2H3,(H,7,8)(H,9,10). The molecule has 0 saturated heterocycles. The molecule has 0 aromatic rings. The van der Waals surface area contributed by atoms with Crippen LogP contribution in [0.4, 0.5) is 0 Å². The molecule has 0 aromatic heterocycles. The molecule has 8 heteroatoms. The summed E-state index contributed by atoms with van der Waals surface area (Å²) in [5.41, 5.74) is 0. The molecule has 6 nitrogen and oxygen atoms in total. The van der Waals surface area contributed by atoms with Crippen LogP contribution in [-0.2, 0) is 9.13 Å². The molecule has 2 unspecified atom stereocenters. The Hall–Kier alpha value is 0.300. The summed E-state index contributed by atoms with van der Waals surface area (Å²) in [4.78, 5) is 18.0. The van der Waals surface area contributed by atoms with Crippen molar-refractivity contribution < 1.29 is 24.0 Å². The lowest BCUT2D eigenvalue weighted by molar-refractivity contribution is 0.267. The molecule has 0 aliphatic carbocycles. The molecule has 2 atom stereocenters. The summed E-state index contributed by atoms with van der Waals surface area (Å²) < 4.78 is 22.5. The van der Waals surface area contributed by atoms with Crippen LogP contribution in [0.1, 0.15) is 0 Å². The molecule has 12 heavy (non-hydrogen) atoms. The summed E-state index contributed by atoms with van der Waals surface area (Å²) in [6.45, 7) is 1.19. The summed E-state index contributed by atoms with van der Waals surface area (Å²) in [6, 6.07) is 0. The molecule has 0 saturated carbocycles. The van der Waals surface area contributed by atoms with Crippen molar-refractivity contribution in [2.24, 2.45) is 0 Å². The Morgan fingerprint density at radius 3 is 1.58 bits per heavy atom. The molecule has 0 amide bonds. The van der Waals surface area contributed by atoms with Crippen LogP contribution in [0.15, 0.2) is 0 Å². The van der Waals surface area contributed by atoms with Gasteiger partial charge in [0, 0.05) is 19.9 Å². The number of nitrogens with zero attached hydrogens (tertiary/aromatic N) is 1. The van der Waals surface area contributed by atoms with E-state index in [1.165, 1.54) is 0 Å². The molecular formula is C4H13NO5P2. The van der Waals surface area contributed by atoms with E-state index < -0.39 is 21.6 Å². The summed E-state index contributed by atoms with van der Waals surface area (Å²) in [7, 11) is -7.51. The molecule has 0 aliphatic rings. The van der Waals surface area contributed by atoms with Crippen LogP contribution in [0, 0.1) is 0 Å². The third-order valence-electron chi connectivity index (χ3n) is 1.16. The van der Waals surface area contributed by atoms with Gasteiger partial charge in [0.05, 0.1) is 6.61 Å². The van der Waals surface area contributed by atoms with Crippen LogP contribution in [0.3, 0.4) is 0 Å². The van der Waals surface area contributed by atoms with Gasteiger partial charge in [-0.2, -0.15) is 4.44 Å². The van der Waals surface area contributed by atoms with Crippen LogP contribution in [0.25, 0.3) is 0 Å². The molecule has 74 valence electrons. The maximum Gasteiger partial charge on any atom is 0.274 e. The minimum absolute atomic E-state index is 0.283. The van der Waals surface area contributed by atoms with Crippen LogP contribution in [0.2, 0.25) is 0 Å². The van der Waals surface area contributed by atoms with Crippen molar-refractivity contribution in [1.82, 2.24) is 4.44 Å². The molecular weight excluding hydrogens is 204 g/mol. The SMILES string of the molecule is CP(=O)(O)N(CCO)P(C)(=O)O. The van der Waals surface area contributed by atoms with Crippen molar-refractivity contribution in [1.29, 1.82) is 0 Å². The first-order chi connectivity index (χ1) is 5.19. The number of aliphatic hydroxyl groups excluding tert-OH is 1. The zero-order chi connectivity index (χ0) is 9.99. The maximum atomic E-state index is 11.0. The van der Waals surface area contributed by atoms with E-state index in [-0.39, 0.29) is 6.54 Å². The Bertz CT molecular complexity index is 208. The lowest BCUT2D eigenvalue weighted by Crippen LogP contribution is -2.20. The maximum absolute atomic E-state index is 11.0. The van der Waals surface area contributed by atoms with Gasteiger partial charge in [-0.1, -0.05) is 0 Å². The molecule has 0 bridgehead atoms. The summed E-state index contributed by atoms with van der Waals surface area (Å²) in [6.07, 6.45) is 0. The highest BCUT2D eigenvalue weighted by atomic mass is 31.2. The highest BCUT2D eigenvalue weighted by molar-refractivity contribution is 7.70. The zero-order valence-electron chi connectivity index (χ0n) is 6.91. The predicted octanol–water partition coefficient (Wildman–Crippen LogP) is -0.0889. The molecule has 3 N–H and O–H groups in total. The van der Waals surface area contributed by atoms with Gasteiger partial charge in [0.25, 0.3) is 15.0 Å². The molecule has 0 spiro atoms. The van der Waals surface area contributed by atoms with Crippen LogP contribution < -0.4 is 0 Å². The monoisotopic (exact) mass is 217 g/mol. The highest BCUT2D eigenvalue weighted by Crippen LogP contribution is 2.57. The Morgan fingerprint density at radius 2 is 1.50 bits per heavy atom. The van der Waals surface area contributed by atoms with E-state index in [1.54, 1.807) is 0 Å². The van der Waals surface area contributed by atoms with Crippen LogP contribution >= 0.6 is 15.0 Å². The second kappa shape index (κ2) is 4.01. The largest absolute Gasteiger partial charge is 0.395 e. The first-order valence-corrected chi connectivity index (χ1v) is 7.31. The predicted molar refractivity (Wildman–Crippen MR) is 45.3 cm³/mol. The van der Waals surface area contributed by atoms with Crippen LogP contribution in [0.5, 0.6) is 0 Å². The third kappa shape index (κ3) is 3.81. The van der Waals surface area contributed by atoms with E-state index in [2.05, 4.69) is 0 Å². The van der Waals surface area contributed by atoms with Crippen LogP contribution in [-0.4, -0.2) is 45.8 Å². The van der Waals surface area contributed by atoms with E-state index in [0.29, 0.717) is 4.44 Å². The normalized spacial score (nSPS) is 21.8. The first kappa shape index (κ1) is 12.3. The number of aliphatic hydroxyl groups is 1. The van der Waals surface area contributed by atoms with Gasteiger partial charge in [0.1, 0.15) is 0 Å². The second-order valence-corrected chi connectivity index (χ2v) is 7.11. The van der Waals surface area contributed by atoms with Crippen molar-refractivity contribution in [3.05, 3.63) is 0 Å². The topological polar surface area (TPSA) is 98.1 Å². The third-order valence-corrected chi connectivity index (χ3v) is 5.26. The Morgan fingerprint density at radius 1 is 1.17 bits per heavy atom. The Labute approximate surface area is 70.8 Å². The lowest BCUT2D eigenvalue weighted by Gasteiger charge is -2.25. The first-order valence-electron chi connectivity index (χ1n) is 3.19. The quantitative estimate of drug-likeness (QED) is 0.569. The fourth-order valence-electron chi connectivity index (χ4n) is 0.768. The van der Waals surface area contributed by atoms with E-state index in [4.69, 9.17) is 14.9 Å². The number of hydrogen-bond acceptors (Lipinski definition) is 3. The summed E-state index contributed by atoms with van der Waals surface area (Å²) in [5, 5.41) is 8.46. The fourth-order valence-corrected chi connectivity index (χ4v) is 4.15. The van der Waals surface area contributed by atoms with Gasteiger partial charge in [-0.15, -0.1) is 0 Å². The van der Waals surface area contributed by atoms with Crippen molar-refractivity contribution in [2.45, 2.75) is 0 Å². The zero-order valence-corrected chi connectivity index (χ0v) is 8.70. The van der Waals surface area contributed by atoms with E-state index in [9.17, 15) is 9.13 Å². The van der Waals surface area contributed by atoms with Crippen molar-refractivity contribution in [3.8, 4) is 0 Å². The smallest absolute Gasteiger partial charge is 0.274 e. The fraction of sp³-hybridized carbons (Fsp3) is 1.00. The van der Waals surface area contributed by atoms with Gasteiger partial charge in [0.2, 0.25) is 0 Å². The highest BCUT2D eigenvalue weighted by Gasteiger charge is 2.33. The molecule has 0 heterocycles. The van der Waals surface area contributed by atoms with Gasteiger partial charge >= 0.3 is 0 Å². The summed E-state index contributed by atoms with van der Waals surface area (Å²) in [5.74, 6) is 0. The van der Waals surface area contributed by atoms with Gasteiger partial charge in [-0.05, 0) is 0 Å². The van der Waals surface area contributed by atoms with Crippen molar-refractivity contribution >= 4 is 15.0 Å². The van der Waals surface area contributed by atoms with Gasteiger partial charge < -0.3 is 14.9 Å². The minimum atomic E-state index is -3.75. The van der Waals surface area contributed by atoms with E-state index >= 15 is 0 Å². The average molecular weight is 217 g/mol. The van der Waals surface area contributed by atoms with Gasteiger partial charge in [-0.3, -0.25) is 9.13 Å². The molecule has 0 rings (SSSR count). The minimum Gasteiger partial charge on any atom is -0.395 e. The average Bonchev–Trinajstić information content (AvgIpc) is 1.77. The molecule has 0 aliphatic heterocycles. The summed E-state index contributed by atoms with van der Waals surface area (Å²) >= 11 is 0. The van der Waals surface area contributed by atoms with E-state index in [1.807, 2.05) is 0 Å². The van der Waals surface area contributed by atoms with Crippen molar-refractivity contribution in [2.75, 3.05) is 26.5 Å². The second-order valence-electron chi connectivity index (χ2n) is 2.49. The van der Waals surface area contributed by atoms with Crippen molar-refractivity contribution in [3.63, 3.8) is 0 Å². The van der Waals surface area contributed by atoms with Gasteiger partial charge in [0.15, 0.2) is 0 Å². The number of hydrogen-bond donors (Lipinski definition) is 3. The Balaban J connectivity index is 4.70. The Kier molecular flexibility index (Phi) is 4.11. The van der Waals surface area contributed by atoms with Gasteiger partial charge in [-0.25, -0.2) is 0 Å². The van der Waals surface area contributed by atoms with E-state index in [0.717, 1.165) is 13.3 Å². The molecule has 0 aromatic carbocycles. The molecule has 0 radical (unpaired) electrons. The molecule has 0 fully saturated rings. The lowest BCUT2D eigenvalue weighted by atomic mass is 10.8. The number of rotatable bonds is 4.